The Balaban J connectivity index is 0.00000248. The van der Waals surface area contributed by atoms with Crippen LogP contribution in [-0.2, 0) is 4.79 Å². The number of nitrogens with zero attached hydrogens (tertiary/aromatic N) is 7. The minimum Gasteiger partial charge on any atom is -0.372 e. The molecule has 0 radical (unpaired) electrons. The molecular formula is C34H50N8O. The first-order valence-electron chi connectivity index (χ1n) is 15.6. The van der Waals surface area contributed by atoms with Gasteiger partial charge in [-0.05, 0) is 77.2 Å². The van der Waals surface area contributed by atoms with E-state index in [4.69, 9.17) is 0 Å². The van der Waals surface area contributed by atoms with Gasteiger partial charge in [0.25, 0.3) is 0 Å². The van der Waals surface area contributed by atoms with E-state index in [1.54, 1.807) is 6.20 Å². The molecule has 2 fully saturated rings. The maximum Gasteiger partial charge on any atom is 0.244 e. The second-order valence-electron chi connectivity index (χ2n) is 10.6. The zero-order valence-corrected chi connectivity index (χ0v) is 26.8. The standard InChI is InChI=1S/C32H44N8O.C2H6/c1-6-37(21-16-33-4)31(30(34-5)27-10-12-28(13-11-27)38-17-7-8-18-38)36-26(3)32(41)40-20-9-19-39(22-23-40)29-14-15-35-24-25(29)2;1-2/h10-16,21,24,26,36H,4-9,17-20,22-23H2,1-3H3;1-2H3/b21-16-,31-30-;. The summed E-state index contributed by atoms with van der Waals surface area (Å²) in [6.07, 6.45) is 10.6. The van der Waals surface area contributed by atoms with Gasteiger partial charge in [-0.2, -0.15) is 0 Å². The van der Waals surface area contributed by atoms with Crippen LogP contribution in [0.25, 0.3) is 5.70 Å². The van der Waals surface area contributed by atoms with Crippen LogP contribution in [-0.4, -0.2) is 86.0 Å². The first-order chi connectivity index (χ1) is 21.0. The van der Waals surface area contributed by atoms with Crippen LogP contribution >= 0.6 is 0 Å². The fourth-order valence-corrected chi connectivity index (χ4v) is 5.60. The topological polar surface area (TPSA) is 79.7 Å². The minimum atomic E-state index is -0.473. The third-order valence-electron chi connectivity index (χ3n) is 7.84. The third-order valence-corrected chi connectivity index (χ3v) is 7.84. The normalized spacial score (nSPS) is 16.5. The molecule has 1 atom stereocenters. The van der Waals surface area contributed by atoms with Gasteiger partial charge in [0.05, 0.1) is 0 Å². The number of benzene rings is 1. The van der Waals surface area contributed by atoms with Crippen LogP contribution in [0.1, 0.15) is 58.1 Å². The van der Waals surface area contributed by atoms with Crippen molar-refractivity contribution >= 4 is 36.4 Å². The molecule has 0 saturated carbocycles. The predicted octanol–water partition coefficient (Wildman–Crippen LogP) is 5.55. The van der Waals surface area contributed by atoms with Crippen LogP contribution in [0.15, 0.2) is 70.9 Å². The van der Waals surface area contributed by atoms with E-state index in [0.717, 1.165) is 43.7 Å². The molecule has 43 heavy (non-hydrogen) atoms. The highest BCUT2D eigenvalue weighted by Crippen LogP contribution is 2.27. The SMILES string of the molecule is C=N/C=C\N(CC)/C(NC(C)C(=O)N1CCCN(c2ccncc2C)CC1)=C(\N=C)c1ccc(N2CCCC2)cc1.CC. The summed E-state index contributed by atoms with van der Waals surface area (Å²) >= 11 is 0. The van der Waals surface area contributed by atoms with Crippen molar-refractivity contribution in [2.75, 3.05) is 55.6 Å². The number of hydrogen-bond acceptors (Lipinski definition) is 8. The highest BCUT2D eigenvalue weighted by molar-refractivity contribution is 5.82. The summed E-state index contributed by atoms with van der Waals surface area (Å²) in [6.45, 7) is 23.4. The summed E-state index contributed by atoms with van der Waals surface area (Å²) in [5.74, 6) is 0.770. The maximum atomic E-state index is 13.8. The number of rotatable bonds is 11. The van der Waals surface area contributed by atoms with Crippen molar-refractivity contribution in [2.24, 2.45) is 9.98 Å². The molecule has 0 aliphatic carbocycles. The second-order valence-corrected chi connectivity index (χ2v) is 10.6. The van der Waals surface area contributed by atoms with Crippen LogP contribution in [0.3, 0.4) is 0 Å². The molecular weight excluding hydrogens is 536 g/mol. The Morgan fingerprint density at radius 2 is 1.72 bits per heavy atom. The Kier molecular flexibility index (Phi) is 13.3. The lowest BCUT2D eigenvalue weighted by Crippen LogP contribution is -2.47. The molecule has 2 saturated heterocycles. The fourth-order valence-electron chi connectivity index (χ4n) is 5.60. The molecule has 3 heterocycles. The van der Waals surface area contributed by atoms with Gasteiger partial charge in [-0.15, -0.1) is 0 Å². The Bertz CT molecular complexity index is 1250. The lowest BCUT2D eigenvalue weighted by atomic mass is 10.1. The number of anilines is 2. The number of carbonyl (C=O) groups excluding carboxylic acids is 1. The van der Waals surface area contributed by atoms with E-state index in [1.165, 1.54) is 24.2 Å². The molecule has 1 N–H and O–H groups in total. The monoisotopic (exact) mass is 586 g/mol. The van der Waals surface area contributed by atoms with Crippen LogP contribution in [0.4, 0.5) is 11.4 Å². The Hall–Kier alpha value is -4.14. The van der Waals surface area contributed by atoms with Gasteiger partial charge in [-0.1, -0.05) is 26.0 Å². The van der Waals surface area contributed by atoms with E-state index in [-0.39, 0.29) is 5.91 Å². The quantitative estimate of drug-likeness (QED) is 0.348. The highest BCUT2D eigenvalue weighted by atomic mass is 16.2. The lowest BCUT2D eigenvalue weighted by molar-refractivity contribution is -0.132. The number of aromatic nitrogens is 1. The smallest absolute Gasteiger partial charge is 0.244 e. The molecule has 1 aromatic carbocycles. The molecule has 232 valence electrons. The van der Waals surface area contributed by atoms with Crippen molar-refractivity contribution < 1.29 is 4.79 Å². The molecule has 2 aliphatic rings. The number of aryl methyl sites for hydroxylation is 1. The van der Waals surface area contributed by atoms with Gasteiger partial charge in [0.15, 0.2) is 0 Å². The van der Waals surface area contributed by atoms with E-state index in [1.807, 2.05) is 56.1 Å². The average molecular weight is 587 g/mol. The van der Waals surface area contributed by atoms with Gasteiger partial charge >= 0.3 is 0 Å². The van der Waals surface area contributed by atoms with Crippen molar-refractivity contribution in [1.82, 2.24) is 20.1 Å². The van der Waals surface area contributed by atoms with E-state index < -0.39 is 6.04 Å². The van der Waals surface area contributed by atoms with Crippen molar-refractivity contribution in [3.63, 3.8) is 0 Å². The first-order valence-corrected chi connectivity index (χ1v) is 15.6. The molecule has 9 nitrogen and oxygen atoms in total. The molecule has 0 spiro atoms. The fraction of sp³-hybridized carbons (Fsp3) is 0.471. The van der Waals surface area contributed by atoms with Gasteiger partial charge in [0, 0.05) is 87.5 Å². The maximum absolute atomic E-state index is 13.8. The summed E-state index contributed by atoms with van der Waals surface area (Å²) in [5, 5.41) is 3.50. The molecule has 4 rings (SSSR count). The minimum absolute atomic E-state index is 0.0606. The summed E-state index contributed by atoms with van der Waals surface area (Å²) in [4.78, 5) is 35.0. The van der Waals surface area contributed by atoms with Crippen molar-refractivity contribution in [2.45, 2.75) is 59.9 Å². The van der Waals surface area contributed by atoms with Crippen LogP contribution in [0.5, 0.6) is 0 Å². The van der Waals surface area contributed by atoms with Crippen LogP contribution in [0, 0.1) is 6.92 Å². The predicted molar refractivity (Wildman–Crippen MR) is 182 cm³/mol. The number of hydrogen-bond donors (Lipinski definition) is 1. The Morgan fingerprint density at radius 1 is 1.02 bits per heavy atom. The molecule has 9 heteroatoms. The Morgan fingerprint density at radius 3 is 2.35 bits per heavy atom. The van der Waals surface area contributed by atoms with Gasteiger partial charge < -0.3 is 24.9 Å². The summed E-state index contributed by atoms with van der Waals surface area (Å²) < 4.78 is 0. The van der Waals surface area contributed by atoms with Gasteiger partial charge in [-0.25, -0.2) is 0 Å². The molecule has 1 aromatic heterocycles. The van der Waals surface area contributed by atoms with E-state index in [2.05, 4.69) is 80.8 Å². The van der Waals surface area contributed by atoms with Crippen molar-refractivity contribution in [3.05, 3.63) is 72.1 Å². The van der Waals surface area contributed by atoms with Crippen molar-refractivity contribution in [1.29, 1.82) is 0 Å². The molecule has 2 aliphatic heterocycles. The number of amides is 1. The lowest BCUT2D eigenvalue weighted by Gasteiger charge is -2.30. The third kappa shape index (κ3) is 8.69. The highest BCUT2D eigenvalue weighted by Gasteiger charge is 2.26. The molecule has 1 unspecified atom stereocenters. The number of carbonyl (C=O) groups is 1. The first kappa shape index (κ1) is 33.4. The molecule has 2 aromatic rings. The number of nitrogens with one attached hydrogen (secondary N) is 1. The Labute approximate surface area is 258 Å². The van der Waals surface area contributed by atoms with Gasteiger partial charge in [0.1, 0.15) is 17.6 Å². The van der Waals surface area contributed by atoms with E-state index in [0.29, 0.717) is 31.2 Å². The zero-order valence-electron chi connectivity index (χ0n) is 26.8. The zero-order chi connectivity index (χ0) is 31.2. The van der Waals surface area contributed by atoms with Crippen LogP contribution in [0.2, 0.25) is 0 Å². The van der Waals surface area contributed by atoms with Crippen LogP contribution < -0.4 is 15.1 Å². The van der Waals surface area contributed by atoms with Gasteiger partial charge in [0.2, 0.25) is 5.91 Å². The summed E-state index contributed by atoms with van der Waals surface area (Å²) in [5.41, 5.74) is 5.17. The molecule has 0 bridgehead atoms. The van der Waals surface area contributed by atoms with E-state index >= 15 is 0 Å². The number of aliphatic imine (C=N–C) groups is 2. The van der Waals surface area contributed by atoms with E-state index in [9.17, 15) is 4.79 Å². The van der Waals surface area contributed by atoms with Crippen molar-refractivity contribution in [3.8, 4) is 0 Å². The second kappa shape index (κ2) is 17.1. The summed E-state index contributed by atoms with van der Waals surface area (Å²) in [7, 11) is 0. The largest absolute Gasteiger partial charge is 0.372 e. The number of pyridine rings is 1. The molecule has 1 amide bonds. The van der Waals surface area contributed by atoms with Gasteiger partial charge in [-0.3, -0.25) is 19.8 Å². The average Bonchev–Trinajstić information content (AvgIpc) is 3.48. The summed E-state index contributed by atoms with van der Waals surface area (Å²) in [6, 6.07) is 10.0.